The SMILES string of the molecule is O=C(Cc1nc2ccccc2[nH]c1=O)NN=Cc1ccc(S(=O)(=O)O)cc1S(=O)(=O)O. The molecule has 0 spiro atoms. The summed E-state index contributed by atoms with van der Waals surface area (Å²) in [5, 5.41) is 3.54. The fraction of sp³-hybridized carbons (Fsp3) is 0.0588. The van der Waals surface area contributed by atoms with Crippen molar-refractivity contribution in [1.29, 1.82) is 0 Å². The van der Waals surface area contributed by atoms with Gasteiger partial charge in [0.15, 0.2) is 0 Å². The van der Waals surface area contributed by atoms with Gasteiger partial charge in [0, 0.05) is 5.56 Å². The lowest BCUT2D eigenvalue weighted by Gasteiger charge is -2.05. The summed E-state index contributed by atoms with van der Waals surface area (Å²) < 4.78 is 63.6. The van der Waals surface area contributed by atoms with Crippen LogP contribution in [0.25, 0.3) is 11.0 Å². The van der Waals surface area contributed by atoms with Gasteiger partial charge in [0.25, 0.3) is 25.8 Å². The average Bonchev–Trinajstić information content (AvgIpc) is 2.67. The molecule has 1 amide bonds. The van der Waals surface area contributed by atoms with Gasteiger partial charge in [-0.3, -0.25) is 18.7 Å². The fourth-order valence-corrected chi connectivity index (χ4v) is 3.83. The van der Waals surface area contributed by atoms with Crippen LogP contribution >= 0.6 is 0 Å². The van der Waals surface area contributed by atoms with E-state index in [1.54, 1.807) is 24.3 Å². The molecule has 31 heavy (non-hydrogen) atoms. The van der Waals surface area contributed by atoms with Crippen LogP contribution < -0.4 is 11.0 Å². The van der Waals surface area contributed by atoms with Gasteiger partial charge < -0.3 is 4.98 Å². The third-order valence-corrected chi connectivity index (χ3v) is 5.71. The third kappa shape index (κ3) is 5.37. The van der Waals surface area contributed by atoms with Gasteiger partial charge in [0.1, 0.15) is 10.6 Å². The minimum Gasteiger partial charge on any atom is -0.319 e. The van der Waals surface area contributed by atoms with Crippen molar-refractivity contribution in [3.63, 3.8) is 0 Å². The van der Waals surface area contributed by atoms with E-state index in [1.165, 1.54) is 0 Å². The first kappa shape index (κ1) is 22.2. The molecule has 0 unspecified atom stereocenters. The van der Waals surface area contributed by atoms with Gasteiger partial charge in [-0.2, -0.15) is 21.9 Å². The standard InChI is InChI=1S/C17H14N4O8S2/c22-16(8-14-17(23)20-13-4-2-1-3-12(13)19-14)21-18-9-10-5-6-11(30(24,25)26)7-15(10)31(27,28)29/h1-7,9H,8H2,(H,20,23)(H,21,22)(H,24,25,26)(H,27,28,29). The number of fused-ring (bicyclic) bond motifs is 1. The van der Waals surface area contributed by atoms with Crippen molar-refractivity contribution in [1.82, 2.24) is 15.4 Å². The molecule has 162 valence electrons. The number of hydrogen-bond donors (Lipinski definition) is 4. The molecule has 0 fully saturated rings. The lowest BCUT2D eigenvalue weighted by Crippen LogP contribution is -2.25. The highest BCUT2D eigenvalue weighted by molar-refractivity contribution is 7.86. The molecule has 2 aromatic carbocycles. The number of hydrazone groups is 1. The van der Waals surface area contributed by atoms with Crippen LogP contribution in [0, 0.1) is 0 Å². The largest absolute Gasteiger partial charge is 0.319 e. The van der Waals surface area contributed by atoms with Gasteiger partial charge in [-0.25, -0.2) is 10.4 Å². The van der Waals surface area contributed by atoms with Gasteiger partial charge in [0.05, 0.1) is 28.6 Å². The molecule has 0 atom stereocenters. The molecule has 12 nitrogen and oxygen atoms in total. The number of H-pyrrole nitrogens is 1. The van der Waals surface area contributed by atoms with E-state index in [0.717, 1.165) is 18.3 Å². The lowest BCUT2D eigenvalue weighted by molar-refractivity contribution is -0.120. The molecule has 0 aliphatic heterocycles. The molecule has 0 saturated carbocycles. The minimum atomic E-state index is -4.88. The number of nitrogens with zero attached hydrogens (tertiary/aromatic N) is 2. The van der Waals surface area contributed by atoms with E-state index < -0.39 is 47.9 Å². The Morgan fingerprint density at radius 3 is 2.48 bits per heavy atom. The number of amides is 1. The maximum absolute atomic E-state index is 12.1. The molecule has 1 heterocycles. The molecular formula is C17H14N4O8S2. The summed E-state index contributed by atoms with van der Waals surface area (Å²) in [6, 6.07) is 9.10. The van der Waals surface area contributed by atoms with Crippen LogP contribution in [0.2, 0.25) is 0 Å². The number of carbonyl (C=O) groups excluding carboxylic acids is 1. The number of aromatic nitrogens is 2. The molecule has 0 bridgehead atoms. The van der Waals surface area contributed by atoms with Gasteiger partial charge in [-0.05, 0) is 24.3 Å². The zero-order chi connectivity index (χ0) is 22.8. The molecule has 0 aliphatic rings. The van der Waals surface area contributed by atoms with Crippen molar-refractivity contribution in [2.24, 2.45) is 5.10 Å². The summed E-state index contributed by atoms with van der Waals surface area (Å²) in [6.07, 6.45) is 0.414. The van der Waals surface area contributed by atoms with Crippen molar-refractivity contribution in [3.05, 3.63) is 64.1 Å². The Hall–Kier alpha value is -3.46. The Bertz CT molecular complexity index is 1480. The summed E-state index contributed by atoms with van der Waals surface area (Å²) in [7, 11) is -9.60. The van der Waals surface area contributed by atoms with E-state index >= 15 is 0 Å². The molecule has 0 aliphatic carbocycles. The molecule has 3 aromatic rings. The third-order valence-electron chi connectivity index (χ3n) is 3.95. The summed E-state index contributed by atoms with van der Waals surface area (Å²) >= 11 is 0. The van der Waals surface area contributed by atoms with E-state index in [9.17, 15) is 31.0 Å². The van der Waals surface area contributed by atoms with E-state index in [1.807, 2.05) is 0 Å². The van der Waals surface area contributed by atoms with Crippen LogP contribution in [0.1, 0.15) is 11.3 Å². The summed E-state index contributed by atoms with van der Waals surface area (Å²) in [5.74, 6) is -0.743. The predicted octanol–water partition coefficient (Wildman–Crippen LogP) is 0.109. The van der Waals surface area contributed by atoms with Gasteiger partial charge in [-0.15, -0.1) is 0 Å². The van der Waals surface area contributed by atoms with Crippen molar-refractivity contribution in [2.45, 2.75) is 16.2 Å². The van der Waals surface area contributed by atoms with Gasteiger partial charge in [0.2, 0.25) is 5.91 Å². The van der Waals surface area contributed by atoms with Crippen LogP contribution in [-0.4, -0.2) is 48.0 Å². The highest BCUT2D eigenvalue weighted by Gasteiger charge is 2.19. The normalized spacial score (nSPS) is 12.3. The zero-order valence-corrected chi connectivity index (χ0v) is 17.0. The molecular weight excluding hydrogens is 452 g/mol. The van der Waals surface area contributed by atoms with Gasteiger partial charge in [-0.1, -0.05) is 18.2 Å². The Kier molecular flexibility index (Phi) is 5.99. The maximum Gasteiger partial charge on any atom is 0.295 e. The first-order valence-electron chi connectivity index (χ1n) is 8.34. The second kappa shape index (κ2) is 8.35. The molecule has 14 heteroatoms. The first-order chi connectivity index (χ1) is 14.4. The van der Waals surface area contributed by atoms with Crippen molar-refractivity contribution in [3.8, 4) is 0 Å². The van der Waals surface area contributed by atoms with E-state index in [-0.39, 0.29) is 11.3 Å². The van der Waals surface area contributed by atoms with Crippen LogP contribution in [0.15, 0.2) is 62.2 Å². The maximum atomic E-state index is 12.1. The topological polar surface area (TPSA) is 196 Å². The second-order valence-corrected chi connectivity index (χ2v) is 8.96. The highest BCUT2D eigenvalue weighted by Crippen LogP contribution is 2.19. The smallest absolute Gasteiger partial charge is 0.295 e. The highest BCUT2D eigenvalue weighted by atomic mass is 32.2. The van der Waals surface area contributed by atoms with E-state index in [0.29, 0.717) is 17.1 Å². The van der Waals surface area contributed by atoms with E-state index in [2.05, 4.69) is 20.5 Å². The average molecular weight is 466 g/mol. The first-order valence-corrected chi connectivity index (χ1v) is 11.2. The number of aromatic amines is 1. The fourth-order valence-electron chi connectivity index (χ4n) is 2.56. The second-order valence-electron chi connectivity index (χ2n) is 6.15. The number of hydrogen-bond acceptors (Lipinski definition) is 8. The molecule has 3 rings (SSSR count). The zero-order valence-electron chi connectivity index (χ0n) is 15.4. The monoisotopic (exact) mass is 466 g/mol. The Morgan fingerprint density at radius 1 is 1.10 bits per heavy atom. The van der Waals surface area contributed by atoms with E-state index in [4.69, 9.17) is 4.55 Å². The number of nitrogens with one attached hydrogen (secondary N) is 2. The van der Waals surface area contributed by atoms with Crippen molar-refractivity contribution in [2.75, 3.05) is 0 Å². The summed E-state index contributed by atoms with van der Waals surface area (Å²) in [5.41, 5.74) is 2.15. The lowest BCUT2D eigenvalue weighted by atomic mass is 10.2. The number of carbonyl (C=O) groups is 1. The van der Waals surface area contributed by atoms with Crippen LogP contribution in [0.3, 0.4) is 0 Å². The van der Waals surface area contributed by atoms with Crippen LogP contribution in [-0.2, 0) is 31.5 Å². The molecule has 0 saturated heterocycles. The number of rotatable bonds is 6. The van der Waals surface area contributed by atoms with Crippen LogP contribution in [0.5, 0.6) is 0 Å². The Labute approximate surface area is 175 Å². The number of para-hydroxylation sites is 2. The number of benzene rings is 2. The minimum absolute atomic E-state index is 0.0671. The molecule has 0 radical (unpaired) electrons. The molecule has 4 N–H and O–H groups in total. The summed E-state index contributed by atoms with van der Waals surface area (Å²) in [6.45, 7) is 0. The quantitative estimate of drug-likeness (QED) is 0.221. The Balaban J connectivity index is 1.80. The predicted molar refractivity (Wildman–Crippen MR) is 108 cm³/mol. The van der Waals surface area contributed by atoms with Crippen molar-refractivity contribution >= 4 is 43.4 Å². The Morgan fingerprint density at radius 2 is 1.81 bits per heavy atom. The molecule has 1 aromatic heterocycles. The van der Waals surface area contributed by atoms with Crippen LogP contribution in [0.4, 0.5) is 0 Å². The van der Waals surface area contributed by atoms with Crippen molar-refractivity contribution < 1.29 is 30.7 Å². The summed E-state index contributed by atoms with van der Waals surface area (Å²) in [4.78, 5) is 29.2. The van der Waals surface area contributed by atoms with Gasteiger partial charge >= 0.3 is 0 Å².